The number of ketones is 1. The fourth-order valence-corrected chi connectivity index (χ4v) is 1.95. The van der Waals surface area contributed by atoms with Gasteiger partial charge < -0.3 is 4.74 Å². The molecular weight excluding hydrogens is 304 g/mol. The van der Waals surface area contributed by atoms with E-state index in [1.807, 2.05) is 36.4 Å². The maximum atomic E-state index is 12.2. The Hall–Kier alpha value is -1.61. The molecule has 0 fully saturated rings. The van der Waals surface area contributed by atoms with Crippen molar-refractivity contribution in [2.75, 3.05) is 6.61 Å². The van der Waals surface area contributed by atoms with Crippen molar-refractivity contribution in [2.45, 2.75) is 13.3 Å². The zero-order valence-electron chi connectivity index (χ0n) is 10.7. The molecule has 0 radical (unpaired) electrons. The molecule has 0 amide bonds. The van der Waals surface area contributed by atoms with E-state index in [1.54, 1.807) is 12.1 Å². The third-order valence-electron chi connectivity index (χ3n) is 2.70. The minimum absolute atomic E-state index is 0.0227. The minimum Gasteiger partial charge on any atom is -0.494 e. The van der Waals surface area contributed by atoms with Crippen molar-refractivity contribution in [3.8, 4) is 5.75 Å². The molecule has 2 nitrogen and oxygen atoms in total. The van der Waals surface area contributed by atoms with Gasteiger partial charge in [-0.15, -0.1) is 0 Å². The highest BCUT2D eigenvalue weighted by Crippen LogP contribution is 2.17. The van der Waals surface area contributed by atoms with E-state index in [1.165, 1.54) is 0 Å². The molecule has 0 N–H and O–H groups in total. The smallest absolute Gasteiger partial charge is 0.193 e. The second-order valence-corrected chi connectivity index (χ2v) is 5.12. The third kappa shape index (κ3) is 3.67. The van der Waals surface area contributed by atoms with Gasteiger partial charge in [-0.25, -0.2) is 0 Å². The molecule has 0 saturated carbocycles. The Morgan fingerprint density at radius 1 is 1.00 bits per heavy atom. The Morgan fingerprint density at radius 2 is 1.53 bits per heavy atom. The molecule has 19 heavy (non-hydrogen) atoms. The van der Waals surface area contributed by atoms with Gasteiger partial charge in [0.05, 0.1) is 6.61 Å². The second-order valence-electron chi connectivity index (χ2n) is 4.21. The Bertz CT molecular complexity index is 544. The molecule has 0 aliphatic carbocycles. The Balaban J connectivity index is 2.13. The number of halogens is 1. The maximum Gasteiger partial charge on any atom is 0.193 e. The molecular formula is C16H15BrO2. The number of hydrogen-bond acceptors (Lipinski definition) is 2. The molecule has 0 unspecified atom stereocenters. The van der Waals surface area contributed by atoms with Crippen molar-refractivity contribution < 1.29 is 9.53 Å². The molecule has 2 aromatic carbocycles. The average molecular weight is 319 g/mol. The van der Waals surface area contributed by atoms with Crippen molar-refractivity contribution in [2.24, 2.45) is 0 Å². The first-order valence-electron chi connectivity index (χ1n) is 6.24. The summed E-state index contributed by atoms with van der Waals surface area (Å²) in [6.07, 6.45) is 0.972. The van der Waals surface area contributed by atoms with Gasteiger partial charge in [-0.3, -0.25) is 4.79 Å². The molecule has 0 saturated heterocycles. The van der Waals surface area contributed by atoms with Gasteiger partial charge in [-0.1, -0.05) is 22.9 Å². The SMILES string of the molecule is CCCOc1ccc(C(=O)c2ccc(Br)cc2)cc1. The van der Waals surface area contributed by atoms with Gasteiger partial charge in [-0.2, -0.15) is 0 Å². The lowest BCUT2D eigenvalue weighted by molar-refractivity contribution is 0.103. The number of carbonyl (C=O) groups is 1. The molecule has 2 aromatic rings. The van der Waals surface area contributed by atoms with E-state index < -0.39 is 0 Å². The van der Waals surface area contributed by atoms with E-state index in [0.29, 0.717) is 17.7 Å². The van der Waals surface area contributed by atoms with Gasteiger partial charge >= 0.3 is 0 Å². The zero-order valence-corrected chi connectivity index (χ0v) is 12.3. The third-order valence-corrected chi connectivity index (χ3v) is 3.22. The molecule has 98 valence electrons. The number of benzene rings is 2. The summed E-state index contributed by atoms with van der Waals surface area (Å²) in [5.41, 5.74) is 1.36. The number of hydrogen-bond donors (Lipinski definition) is 0. The van der Waals surface area contributed by atoms with E-state index in [0.717, 1.165) is 16.6 Å². The van der Waals surface area contributed by atoms with Gasteiger partial charge in [0, 0.05) is 15.6 Å². The van der Waals surface area contributed by atoms with Crippen molar-refractivity contribution in [3.05, 3.63) is 64.1 Å². The lowest BCUT2D eigenvalue weighted by atomic mass is 10.0. The summed E-state index contributed by atoms with van der Waals surface area (Å²) in [6, 6.07) is 14.6. The van der Waals surface area contributed by atoms with Crippen LogP contribution in [-0.2, 0) is 0 Å². The molecule has 0 bridgehead atoms. The van der Waals surface area contributed by atoms with Crippen LogP contribution in [0.1, 0.15) is 29.3 Å². The number of carbonyl (C=O) groups excluding carboxylic acids is 1. The van der Waals surface area contributed by atoms with E-state index in [-0.39, 0.29) is 5.78 Å². The zero-order chi connectivity index (χ0) is 13.7. The van der Waals surface area contributed by atoms with Crippen molar-refractivity contribution in [1.29, 1.82) is 0 Å². The van der Waals surface area contributed by atoms with Crippen LogP contribution in [0.5, 0.6) is 5.75 Å². The van der Waals surface area contributed by atoms with E-state index in [2.05, 4.69) is 22.9 Å². The van der Waals surface area contributed by atoms with Gasteiger partial charge in [0.2, 0.25) is 0 Å². The van der Waals surface area contributed by atoms with Gasteiger partial charge in [0.1, 0.15) is 5.75 Å². The van der Waals surface area contributed by atoms with E-state index >= 15 is 0 Å². The molecule has 0 spiro atoms. The van der Waals surface area contributed by atoms with Crippen LogP contribution in [0.25, 0.3) is 0 Å². The van der Waals surface area contributed by atoms with Crippen molar-refractivity contribution in [1.82, 2.24) is 0 Å². The van der Waals surface area contributed by atoms with Crippen LogP contribution in [0.15, 0.2) is 53.0 Å². The molecule has 0 aromatic heterocycles. The number of rotatable bonds is 5. The fraction of sp³-hybridized carbons (Fsp3) is 0.188. The lowest BCUT2D eigenvalue weighted by Gasteiger charge is -2.05. The summed E-state index contributed by atoms with van der Waals surface area (Å²) in [5, 5.41) is 0. The monoisotopic (exact) mass is 318 g/mol. The normalized spacial score (nSPS) is 10.2. The molecule has 2 rings (SSSR count). The van der Waals surface area contributed by atoms with Crippen LogP contribution in [0.4, 0.5) is 0 Å². The van der Waals surface area contributed by atoms with Gasteiger partial charge in [-0.05, 0) is 55.0 Å². The standard InChI is InChI=1S/C16H15BrO2/c1-2-11-19-15-9-5-13(6-10-15)16(18)12-3-7-14(17)8-4-12/h3-10H,2,11H2,1H3. The quantitative estimate of drug-likeness (QED) is 0.760. The Kier molecular flexibility index (Phi) is 4.74. The fourth-order valence-electron chi connectivity index (χ4n) is 1.69. The molecule has 0 atom stereocenters. The average Bonchev–Trinajstić information content (AvgIpc) is 2.46. The highest BCUT2D eigenvalue weighted by Gasteiger charge is 2.08. The van der Waals surface area contributed by atoms with Crippen molar-refractivity contribution >= 4 is 21.7 Å². The summed E-state index contributed by atoms with van der Waals surface area (Å²) in [4.78, 5) is 12.2. The largest absolute Gasteiger partial charge is 0.494 e. The van der Waals surface area contributed by atoms with Crippen LogP contribution in [-0.4, -0.2) is 12.4 Å². The van der Waals surface area contributed by atoms with Crippen LogP contribution in [0.2, 0.25) is 0 Å². The van der Waals surface area contributed by atoms with Crippen LogP contribution in [0.3, 0.4) is 0 Å². The second kappa shape index (κ2) is 6.53. The van der Waals surface area contributed by atoms with Gasteiger partial charge in [0.25, 0.3) is 0 Å². The summed E-state index contributed by atoms with van der Waals surface area (Å²) < 4.78 is 6.46. The van der Waals surface area contributed by atoms with Gasteiger partial charge in [0.15, 0.2) is 5.78 Å². The summed E-state index contributed by atoms with van der Waals surface area (Å²) in [7, 11) is 0. The van der Waals surface area contributed by atoms with Crippen LogP contribution in [0, 0.1) is 0 Å². The first kappa shape index (κ1) is 13.8. The molecule has 0 aliphatic rings. The Labute approximate surface area is 121 Å². The first-order chi connectivity index (χ1) is 9.20. The predicted octanol–water partition coefficient (Wildman–Crippen LogP) is 4.47. The topological polar surface area (TPSA) is 26.3 Å². The minimum atomic E-state index is 0.0227. The summed E-state index contributed by atoms with van der Waals surface area (Å²) in [6.45, 7) is 2.76. The highest BCUT2D eigenvalue weighted by atomic mass is 79.9. The lowest BCUT2D eigenvalue weighted by Crippen LogP contribution is -2.01. The predicted molar refractivity (Wildman–Crippen MR) is 79.8 cm³/mol. The van der Waals surface area contributed by atoms with Crippen molar-refractivity contribution in [3.63, 3.8) is 0 Å². The van der Waals surface area contributed by atoms with Crippen LogP contribution < -0.4 is 4.74 Å². The Morgan fingerprint density at radius 3 is 2.05 bits per heavy atom. The summed E-state index contributed by atoms with van der Waals surface area (Å²) >= 11 is 3.36. The van der Waals surface area contributed by atoms with E-state index in [9.17, 15) is 4.79 Å². The molecule has 0 aliphatic heterocycles. The molecule has 3 heteroatoms. The van der Waals surface area contributed by atoms with E-state index in [4.69, 9.17) is 4.74 Å². The summed E-state index contributed by atoms with van der Waals surface area (Å²) in [5.74, 6) is 0.823. The van der Waals surface area contributed by atoms with Crippen LogP contribution >= 0.6 is 15.9 Å². The highest BCUT2D eigenvalue weighted by molar-refractivity contribution is 9.10. The molecule has 0 heterocycles. The maximum absolute atomic E-state index is 12.2. The number of ether oxygens (including phenoxy) is 1. The first-order valence-corrected chi connectivity index (χ1v) is 7.03.